The first-order chi connectivity index (χ1) is 17.8. The zero-order valence-electron chi connectivity index (χ0n) is 21.5. The largest absolute Gasteiger partial charge is 0.497 e. The quantitative estimate of drug-likeness (QED) is 0.370. The summed E-state index contributed by atoms with van der Waals surface area (Å²) in [6.07, 6.45) is 4.46. The second-order valence-corrected chi connectivity index (χ2v) is 11.3. The minimum absolute atomic E-state index is 0.0520. The second-order valence-electron chi connectivity index (χ2n) is 9.35. The van der Waals surface area contributed by atoms with Crippen LogP contribution < -0.4 is 4.74 Å². The van der Waals surface area contributed by atoms with Crippen LogP contribution in [0, 0.1) is 5.92 Å². The Hall–Kier alpha value is -2.88. The van der Waals surface area contributed by atoms with Crippen molar-refractivity contribution >= 4 is 16.1 Å². The van der Waals surface area contributed by atoms with Crippen LogP contribution >= 0.6 is 0 Å². The van der Waals surface area contributed by atoms with Crippen molar-refractivity contribution in [2.24, 2.45) is 5.92 Å². The molecule has 1 aliphatic carbocycles. The van der Waals surface area contributed by atoms with Gasteiger partial charge in [-0.05, 0) is 55.0 Å². The van der Waals surface area contributed by atoms with Crippen LogP contribution in [0.25, 0.3) is 0 Å². The maximum absolute atomic E-state index is 13.6. The Morgan fingerprint density at radius 3 is 2.41 bits per heavy atom. The lowest BCUT2D eigenvalue weighted by molar-refractivity contribution is 0.0703. The van der Waals surface area contributed by atoms with Crippen LogP contribution in [0.1, 0.15) is 31.2 Å². The number of carbonyl (C=O) groups excluding carboxylic acids is 1. The van der Waals surface area contributed by atoms with Gasteiger partial charge in [0.05, 0.1) is 24.7 Å². The number of benzene rings is 2. The molecule has 0 saturated heterocycles. The smallest absolute Gasteiger partial charge is 0.410 e. The van der Waals surface area contributed by atoms with Crippen molar-refractivity contribution in [1.29, 1.82) is 0 Å². The van der Waals surface area contributed by atoms with Gasteiger partial charge in [0, 0.05) is 19.6 Å². The zero-order valence-corrected chi connectivity index (χ0v) is 22.3. The van der Waals surface area contributed by atoms with Gasteiger partial charge in [-0.3, -0.25) is 0 Å². The van der Waals surface area contributed by atoms with Crippen molar-refractivity contribution in [2.75, 3.05) is 39.9 Å². The number of hydrogen-bond donors (Lipinski definition) is 1. The van der Waals surface area contributed by atoms with Crippen LogP contribution in [0.3, 0.4) is 0 Å². The van der Waals surface area contributed by atoms with Crippen molar-refractivity contribution in [1.82, 2.24) is 9.21 Å². The van der Waals surface area contributed by atoms with Crippen molar-refractivity contribution in [3.63, 3.8) is 0 Å². The summed E-state index contributed by atoms with van der Waals surface area (Å²) >= 11 is 0. The van der Waals surface area contributed by atoms with Crippen LogP contribution in [0.5, 0.6) is 5.75 Å². The Bertz CT molecular complexity index is 1090. The summed E-state index contributed by atoms with van der Waals surface area (Å²) in [5, 5.41) is 11.0. The van der Waals surface area contributed by atoms with Crippen molar-refractivity contribution in [3.05, 3.63) is 72.8 Å². The Labute approximate surface area is 220 Å². The Balaban J connectivity index is 1.75. The molecule has 0 radical (unpaired) electrons. The van der Waals surface area contributed by atoms with Crippen molar-refractivity contribution in [2.45, 2.75) is 43.1 Å². The molecule has 202 valence electrons. The molecule has 0 bridgehead atoms. The molecule has 2 aromatic rings. The van der Waals surface area contributed by atoms with E-state index in [9.17, 15) is 18.3 Å². The average Bonchev–Trinajstić information content (AvgIpc) is 3.43. The number of hydrogen-bond acceptors (Lipinski definition) is 6. The lowest BCUT2D eigenvalue weighted by atomic mass is 10.1. The van der Waals surface area contributed by atoms with E-state index in [0.29, 0.717) is 25.3 Å². The molecule has 1 N–H and O–H groups in total. The molecule has 37 heavy (non-hydrogen) atoms. The maximum atomic E-state index is 13.6. The van der Waals surface area contributed by atoms with Crippen LogP contribution in [-0.2, 0) is 21.2 Å². The predicted molar refractivity (Wildman–Crippen MR) is 143 cm³/mol. The topological polar surface area (TPSA) is 96.4 Å². The van der Waals surface area contributed by atoms with Gasteiger partial charge >= 0.3 is 6.09 Å². The number of methoxy groups -OCH3 is 1. The molecular weight excluding hydrogens is 492 g/mol. The first kappa shape index (κ1) is 28.7. The second kappa shape index (κ2) is 14.2. The number of nitrogens with zero attached hydrogens (tertiary/aromatic N) is 2. The van der Waals surface area contributed by atoms with E-state index in [1.54, 1.807) is 12.1 Å². The number of rotatable bonds is 14. The molecule has 1 amide bonds. The summed E-state index contributed by atoms with van der Waals surface area (Å²) < 4.78 is 38.9. The highest BCUT2D eigenvalue weighted by Crippen LogP contribution is 2.28. The van der Waals surface area contributed by atoms with E-state index < -0.39 is 22.2 Å². The fourth-order valence-electron chi connectivity index (χ4n) is 4.58. The first-order valence-corrected chi connectivity index (χ1v) is 14.2. The molecule has 2 aromatic carbocycles. The van der Waals surface area contributed by atoms with Gasteiger partial charge in [0.2, 0.25) is 10.0 Å². The highest BCUT2D eigenvalue weighted by atomic mass is 32.2. The molecule has 1 atom stereocenters. The minimum atomic E-state index is -3.86. The molecular formula is C28H38N2O6S. The fraction of sp³-hybridized carbons (Fsp3) is 0.464. The molecule has 1 aliphatic rings. The average molecular weight is 531 g/mol. The van der Waals surface area contributed by atoms with Crippen molar-refractivity contribution < 1.29 is 27.8 Å². The highest BCUT2D eigenvalue weighted by Gasteiger charge is 2.31. The molecule has 0 heterocycles. The third-order valence-electron chi connectivity index (χ3n) is 6.58. The molecule has 8 nitrogen and oxygen atoms in total. The highest BCUT2D eigenvalue weighted by molar-refractivity contribution is 7.89. The van der Waals surface area contributed by atoms with E-state index in [0.717, 1.165) is 31.2 Å². The Morgan fingerprint density at radius 1 is 1.11 bits per heavy atom. The van der Waals surface area contributed by atoms with Gasteiger partial charge < -0.3 is 19.5 Å². The molecule has 0 spiro atoms. The minimum Gasteiger partial charge on any atom is -0.497 e. The van der Waals surface area contributed by atoms with E-state index in [1.807, 2.05) is 30.3 Å². The number of carbonyl (C=O) groups is 1. The van der Waals surface area contributed by atoms with Gasteiger partial charge in [-0.25, -0.2) is 13.2 Å². The molecule has 0 aliphatic heterocycles. The Kier molecular flexibility index (Phi) is 11.0. The zero-order chi connectivity index (χ0) is 26.7. The van der Waals surface area contributed by atoms with Crippen LogP contribution in [-0.4, -0.2) is 74.8 Å². The number of aliphatic hydroxyl groups is 1. The van der Waals surface area contributed by atoms with Gasteiger partial charge in [-0.1, -0.05) is 55.8 Å². The first-order valence-electron chi connectivity index (χ1n) is 12.7. The van der Waals surface area contributed by atoms with Crippen LogP contribution in [0.4, 0.5) is 4.79 Å². The summed E-state index contributed by atoms with van der Waals surface area (Å²) in [6, 6.07) is 16.0. The molecule has 1 fully saturated rings. The van der Waals surface area contributed by atoms with Crippen LogP contribution in [0.2, 0.25) is 0 Å². The fourth-order valence-corrected chi connectivity index (χ4v) is 6.14. The monoisotopic (exact) mass is 530 g/mol. The maximum Gasteiger partial charge on any atom is 0.410 e. The van der Waals surface area contributed by atoms with E-state index in [2.05, 4.69) is 6.58 Å². The number of ether oxygens (including phenoxy) is 2. The standard InChI is InChI=1S/C28H38N2O6S/c1-3-19-36-28(32)29(18-17-23-9-5-4-6-10-23)21-25(31)22-30(20-24-11-7-8-12-24)37(33,34)27-15-13-26(35-2)14-16-27/h3-6,9-10,13-16,24-25,31H,1,7-8,11-12,17-22H2,2H3/t25-/m0/s1. The van der Waals surface area contributed by atoms with Gasteiger partial charge in [0.15, 0.2) is 0 Å². The molecule has 0 unspecified atom stereocenters. The lowest BCUT2D eigenvalue weighted by Gasteiger charge is -2.30. The SMILES string of the molecule is C=CCOC(=O)N(CCc1ccccc1)C[C@H](O)CN(CC1CCCC1)S(=O)(=O)c1ccc(OC)cc1. The van der Waals surface area contributed by atoms with E-state index in [-0.39, 0.29) is 30.5 Å². The molecule has 3 rings (SSSR count). The Morgan fingerprint density at radius 2 is 1.78 bits per heavy atom. The van der Waals surface area contributed by atoms with Gasteiger partial charge in [-0.15, -0.1) is 0 Å². The van der Waals surface area contributed by atoms with E-state index in [1.165, 1.54) is 34.5 Å². The summed E-state index contributed by atoms with van der Waals surface area (Å²) in [7, 11) is -2.34. The molecule has 1 saturated carbocycles. The third kappa shape index (κ3) is 8.59. The predicted octanol–water partition coefficient (Wildman–Crippen LogP) is 4.10. The number of amides is 1. The number of sulfonamides is 1. The van der Waals surface area contributed by atoms with E-state index >= 15 is 0 Å². The van der Waals surface area contributed by atoms with Gasteiger partial charge in [-0.2, -0.15) is 4.31 Å². The summed E-state index contributed by atoms with van der Waals surface area (Å²) in [5.41, 5.74) is 1.04. The van der Waals surface area contributed by atoms with E-state index in [4.69, 9.17) is 9.47 Å². The van der Waals surface area contributed by atoms with Gasteiger partial charge in [0.1, 0.15) is 12.4 Å². The summed E-state index contributed by atoms with van der Waals surface area (Å²) in [4.78, 5) is 14.3. The third-order valence-corrected chi connectivity index (χ3v) is 8.42. The normalized spacial score (nSPS) is 14.9. The summed E-state index contributed by atoms with van der Waals surface area (Å²) in [6.45, 7) is 4.10. The lowest BCUT2D eigenvalue weighted by Crippen LogP contribution is -2.46. The van der Waals surface area contributed by atoms with Crippen LogP contribution in [0.15, 0.2) is 72.1 Å². The summed E-state index contributed by atoms with van der Waals surface area (Å²) in [5.74, 6) is 0.806. The van der Waals surface area contributed by atoms with Gasteiger partial charge in [0.25, 0.3) is 0 Å². The van der Waals surface area contributed by atoms with Crippen molar-refractivity contribution in [3.8, 4) is 5.75 Å². The number of aliphatic hydroxyl groups excluding tert-OH is 1. The molecule has 0 aromatic heterocycles. The molecule has 9 heteroatoms.